The zero-order chi connectivity index (χ0) is 15.6. The van der Waals surface area contributed by atoms with Crippen LogP contribution in [0.2, 0.25) is 0 Å². The van der Waals surface area contributed by atoms with Gasteiger partial charge in [0.1, 0.15) is 0 Å². The summed E-state index contributed by atoms with van der Waals surface area (Å²) in [5, 5.41) is 12.4. The highest BCUT2D eigenvalue weighted by Crippen LogP contribution is 2.23. The zero-order valence-electron chi connectivity index (χ0n) is 12.8. The summed E-state index contributed by atoms with van der Waals surface area (Å²) in [6.45, 7) is 4.03. The first-order valence-electron chi connectivity index (χ1n) is 7.65. The third-order valence-electron chi connectivity index (χ3n) is 3.99. The third kappa shape index (κ3) is 3.00. The van der Waals surface area contributed by atoms with E-state index in [4.69, 9.17) is 9.26 Å². The van der Waals surface area contributed by atoms with Crippen molar-refractivity contribution in [1.29, 1.82) is 0 Å². The van der Waals surface area contributed by atoms with Gasteiger partial charge in [0.15, 0.2) is 0 Å². The van der Waals surface area contributed by atoms with Crippen LogP contribution >= 0.6 is 0 Å². The second-order valence-corrected chi connectivity index (χ2v) is 5.74. The number of nitrogens with zero attached hydrogens (tertiary/aromatic N) is 5. The molecule has 0 N–H and O–H groups in total. The lowest BCUT2D eigenvalue weighted by molar-refractivity contribution is 0.193. The molecule has 1 aliphatic heterocycles. The largest absolute Gasteiger partial charge is 0.381 e. The maximum atomic E-state index is 5.40. The summed E-state index contributed by atoms with van der Waals surface area (Å²) in [7, 11) is 0. The molecular formula is C16H17N5O2. The minimum atomic E-state index is 0.382. The highest BCUT2D eigenvalue weighted by Gasteiger charge is 2.20. The van der Waals surface area contributed by atoms with E-state index in [9.17, 15) is 0 Å². The molecule has 1 fully saturated rings. The highest BCUT2D eigenvalue weighted by atomic mass is 16.5. The van der Waals surface area contributed by atoms with Crippen LogP contribution in [0.5, 0.6) is 0 Å². The minimum Gasteiger partial charge on any atom is -0.381 e. The fourth-order valence-corrected chi connectivity index (χ4v) is 2.71. The van der Waals surface area contributed by atoms with Crippen LogP contribution in [-0.4, -0.2) is 38.3 Å². The van der Waals surface area contributed by atoms with Crippen molar-refractivity contribution in [3.63, 3.8) is 0 Å². The first-order chi connectivity index (χ1) is 11.3. The van der Waals surface area contributed by atoms with Crippen molar-refractivity contribution in [2.45, 2.75) is 25.8 Å². The van der Waals surface area contributed by atoms with E-state index < -0.39 is 0 Å². The molecule has 0 aliphatic carbocycles. The predicted octanol–water partition coefficient (Wildman–Crippen LogP) is 2.19. The number of hydrogen-bond acceptors (Lipinski definition) is 6. The molecule has 3 heterocycles. The van der Waals surface area contributed by atoms with E-state index in [1.165, 1.54) is 0 Å². The van der Waals surface area contributed by atoms with E-state index in [-0.39, 0.29) is 0 Å². The van der Waals surface area contributed by atoms with E-state index >= 15 is 0 Å². The van der Waals surface area contributed by atoms with Crippen LogP contribution in [0.15, 0.2) is 35.0 Å². The van der Waals surface area contributed by atoms with Gasteiger partial charge in [-0.3, -0.25) is 0 Å². The lowest BCUT2D eigenvalue weighted by atomic mass is 10.1. The number of rotatable bonds is 4. The molecule has 4 rings (SSSR count). The fourth-order valence-electron chi connectivity index (χ4n) is 2.71. The van der Waals surface area contributed by atoms with E-state index in [1.807, 2.05) is 35.1 Å². The monoisotopic (exact) mass is 311 g/mol. The second-order valence-electron chi connectivity index (χ2n) is 5.74. The number of hydrogen-bond donors (Lipinski definition) is 0. The van der Waals surface area contributed by atoms with Gasteiger partial charge >= 0.3 is 0 Å². The number of benzene rings is 1. The Hall–Kier alpha value is -2.54. The lowest BCUT2D eigenvalue weighted by Crippen LogP contribution is -2.00. The standard InChI is InChI=1S/C16H17N5O2/c1-11-17-16(19-23-11)13-4-2-12(3-5-13)8-21-9-15(18-20-21)14-6-7-22-10-14/h2-5,9,14H,6-8,10H2,1H3/t14-/m1/s1. The molecule has 0 amide bonds. The smallest absolute Gasteiger partial charge is 0.223 e. The minimum absolute atomic E-state index is 0.382. The summed E-state index contributed by atoms with van der Waals surface area (Å²) < 4.78 is 12.3. The Bertz CT molecular complexity index is 787. The van der Waals surface area contributed by atoms with E-state index in [0.717, 1.165) is 36.5 Å². The number of aromatic nitrogens is 5. The number of ether oxygens (including phenoxy) is 1. The Morgan fingerprint density at radius 1 is 1.26 bits per heavy atom. The molecule has 1 aliphatic rings. The van der Waals surface area contributed by atoms with Crippen LogP contribution in [0.1, 0.15) is 29.5 Å². The Morgan fingerprint density at radius 3 is 2.83 bits per heavy atom. The fraction of sp³-hybridized carbons (Fsp3) is 0.375. The van der Waals surface area contributed by atoms with Gasteiger partial charge < -0.3 is 9.26 Å². The third-order valence-corrected chi connectivity index (χ3v) is 3.99. The normalized spacial score (nSPS) is 17.7. The van der Waals surface area contributed by atoms with Crippen molar-refractivity contribution in [2.24, 2.45) is 0 Å². The Morgan fingerprint density at radius 2 is 2.13 bits per heavy atom. The number of aryl methyl sites for hydroxylation is 1. The summed E-state index contributed by atoms with van der Waals surface area (Å²) in [5.74, 6) is 1.56. The first kappa shape index (κ1) is 14.1. The zero-order valence-corrected chi connectivity index (χ0v) is 12.8. The molecule has 0 saturated carbocycles. The molecule has 1 saturated heterocycles. The maximum absolute atomic E-state index is 5.40. The van der Waals surface area contributed by atoms with Crippen molar-refractivity contribution >= 4 is 0 Å². The molecule has 1 aromatic carbocycles. The average molecular weight is 311 g/mol. The molecule has 23 heavy (non-hydrogen) atoms. The quantitative estimate of drug-likeness (QED) is 0.735. The van der Waals surface area contributed by atoms with Crippen LogP contribution in [0.3, 0.4) is 0 Å². The molecule has 0 spiro atoms. The summed E-state index contributed by atoms with van der Waals surface area (Å²) in [6, 6.07) is 8.06. The van der Waals surface area contributed by atoms with Crippen LogP contribution < -0.4 is 0 Å². The molecule has 0 radical (unpaired) electrons. The topological polar surface area (TPSA) is 78.9 Å². The summed E-state index contributed by atoms with van der Waals surface area (Å²) in [4.78, 5) is 4.22. The van der Waals surface area contributed by atoms with Crippen molar-refractivity contribution in [2.75, 3.05) is 13.2 Å². The molecule has 0 unspecified atom stereocenters. The molecule has 7 nitrogen and oxygen atoms in total. The van der Waals surface area contributed by atoms with Gasteiger partial charge in [0.2, 0.25) is 11.7 Å². The van der Waals surface area contributed by atoms with Gasteiger partial charge in [0.05, 0.1) is 18.8 Å². The van der Waals surface area contributed by atoms with Crippen LogP contribution in [0.25, 0.3) is 11.4 Å². The molecule has 1 atom stereocenters. The second kappa shape index (κ2) is 5.92. The van der Waals surface area contributed by atoms with E-state index in [2.05, 4.69) is 20.5 Å². The van der Waals surface area contributed by atoms with Gasteiger partial charge in [-0.1, -0.05) is 34.6 Å². The molecule has 3 aromatic rings. The predicted molar refractivity (Wildman–Crippen MR) is 81.8 cm³/mol. The van der Waals surface area contributed by atoms with Gasteiger partial charge in [0.25, 0.3) is 0 Å². The van der Waals surface area contributed by atoms with Crippen molar-refractivity contribution in [1.82, 2.24) is 25.1 Å². The molecule has 118 valence electrons. The Balaban J connectivity index is 1.46. The maximum Gasteiger partial charge on any atom is 0.223 e. The summed E-state index contributed by atoms with van der Waals surface area (Å²) in [5.41, 5.74) is 3.10. The van der Waals surface area contributed by atoms with Crippen molar-refractivity contribution in [3.05, 3.63) is 47.6 Å². The van der Waals surface area contributed by atoms with E-state index in [1.54, 1.807) is 6.92 Å². The van der Waals surface area contributed by atoms with Gasteiger partial charge in [0, 0.05) is 31.2 Å². The SMILES string of the molecule is Cc1nc(-c2ccc(Cn3cc([C@@H]4CCOC4)nn3)cc2)no1. The molecular weight excluding hydrogens is 294 g/mol. The molecule has 7 heteroatoms. The van der Waals surface area contributed by atoms with Crippen LogP contribution in [0.4, 0.5) is 0 Å². The highest BCUT2D eigenvalue weighted by molar-refractivity contribution is 5.54. The van der Waals surface area contributed by atoms with Gasteiger partial charge in [-0.15, -0.1) is 5.10 Å². The Labute approximate surface area is 133 Å². The van der Waals surface area contributed by atoms with Crippen LogP contribution in [0, 0.1) is 6.92 Å². The van der Waals surface area contributed by atoms with E-state index in [0.29, 0.717) is 24.2 Å². The summed E-state index contributed by atoms with van der Waals surface area (Å²) in [6.07, 6.45) is 3.04. The summed E-state index contributed by atoms with van der Waals surface area (Å²) >= 11 is 0. The average Bonchev–Trinajstić information content (AvgIpc) is 3.28. The van der Waals surface area contributed by atoms with Gasteiger partial charge in [-0.25, -0.2) is 4.68 Å². The molecule has 2 aromatic heterocycles. The van der Waals surface area contributed by atoms with Gasteiger partial charge in [-0.05, 0) is 12.0 Å². The van der Waals surface area contributed by atoms with Crippen molar-refractivity contribution in [3.8, 4) is 11.4 Å². The van der Waals surface area contributed by atoms with Crippen LogP contribution in [-0.2, 0) is 11.3 Å². The van der Waals surface area contributed by atoms with Gasteiger partial charge in [-0.2, -0.15) is 4.98 Å². The Kier molecular flexibility index (Phi) is 3.63. The van der Waals surface area contributed by atoms with Crippen molar-refractivity contribution < 1.29 is 9.26 Å². The first-order valence-corrected chi connectivity index (χ1v) is 7.65. The lowest BCUT2D eigenvalue weighted by Gasteiger charge is -2.02. The molecule has 0 bridgehead atoms.